The van der Waals surface area contributed by atoms with E-state index in [2.05, 4.69) is 38.9 Å². The highest BCUT2D eigenvalue weighted by atomic mass is 16.2. The Labute approximate surface area is 150 Å². The van der Waals surface area contributed by atoms with Crippen LogP contribution in [-0.2, 0) is 0 Å². The molecule has 2 aliphatic heterocycles. The van der Waals surface area contributed by atoms with Crippen LogP contribution in [0.1, 0.15) is 26.7 Å². The summed E-state index contributed by atoms with van der Waals surface area (Å²) in [5, 5.41) is 3.16. The van der Waals surface area contributed by atoms with Gasteiger partial charge in [0, 0.05) is 57.7 Å². The minimum atomic E-state index is 0.0474. The number of carbonyl (C=O) groups excluding carboxylic acids is 1. The van der Waals surface area contributed by atoms with Gasteiger partial charge in [-0.1, -0.05) is 6.92 Å². The van der Waals surface area contributed by atoms with Crippen molar-refractivity contribution in [3.05, 3.63) is 18.5 Å². The van der Waals surface area contributed by atoms with Gasteiger partial charge in [-0.15, -0.1) is 0 Å². The largest absolute Gasteiger partial charge is 0.337 e. The van der Waals surface area contributed by atoms with Crippen molar-refractivity contribution in [2.75, 3.05) is 50.7 Å². The molecule has 0 aliphatic carbocycles. The second-order valence-electron chi connectivity index (χ2n) is 7.38. The SMILES string of the molecule is C[C@@H]1CCCN(C[C@@H](C)NC(=O)N2CCN(c3ncccn3)CC2)C1. The van der Waals surface area contributed by atoms with Gasteiger partial charge in [-0.05, 0) is 38.3 Å². The second-order valence-corrected chi connectivity index (χ2v) is 7.38. The molecule has 0 bridgehead atoms. The van der Waals surface area contributed by atoms with E-state index in [-0.39, 0.29) is 12.1 Å². The predicted molar refractivity (Wildman–Crippen MR) is 98.6 cm³/mol. The Balaban J connectivity index is 1.41. The number of amides is 2. The molecule has 0 saturated carbocycles. The van der Waals surface area contributed by atoms with Crippen molar-refractivity contribution in [3.63, 3.8) is 0 Å². The summed E-state index contributed by atoms with van der Waals surface area (Å²) in [5.74, 6) is 1.51. The Hall–Kier alpha value is -1.89. The smallest absolute Gasteiger partial charge is 0.317 e. The van der Waals surface area contributed by atoms with Gasteiger partial charge in [0.25, 0.3) is 0 Å². The fourth-order valence-corrected chi connectivity index (χ4v) is 3.75. The average molecular weight is 346 g/mol. The average Bonchev–Trinajstić information content (AvgIpc) is 2.62. The number of hydrogen-bond acceptors (Lipinski definition) is 5. The van der Waals surface area contributed by atoms with Crippen LogP contribution in [0.2, 0.25) is 0 Å². The van der Waals surface area contributed by atoms with E-state index in [0.29, 0.717) is 13.1 Å². The monoisotopic (exact) mass is 346 g/mol. The molecule has 2 atom stereocenters. The first kappa shape index (κ1) is 17.9. The third kappa shape index (κ3) is 5.04. The van der Waals surface area contributed by atoms with Crippen molar-refractivity contribution in [1.29, 1.82) is 0 Å². The number of nitrogens with zero attached hydrogens (tertiary/aromatic N) is 5. The molecule has 1 aromatic heterocycles. The number of likely N-dealkylation sites (tertiary alicyclic amines) is 1. The predicted octanol–water partition coefficient (Wildman–Crippen LogP) is 1.43. The minimum absolute atomic E-state index is 0.0474. The van der Waals surface area contributed by atoms with Gasteiger partial charge in [-0.2, -0.15) is 0 Å². The van der Waals surface area contributed by atoms with Crippen LogP contribution in [-0.4, -0.2) is 77.7 Å². The molecule has 2 aliphatic rings. The fraction of sp³-hybridized carbons (Fsp3) is 0.722. The molecule has 0 spiro atoms. The third-order valence-electron chi connectivity index (χ3n) is 5.04. The lowest BCUT2D eigenvalue weighted by Gasteiger charge is -2.36. The molecule has 0 unspecified atom stereocenters. The summed E-state index contributed by atoms with van der Waals surface area (Å²) in [6.45, 7) is 10.6. The zero-order valence-corrected chi connectivity index (χ0v) is 15.4. The molecule has 0 radical (unpaired) electrons. The second kappa shape index (κ2) is 8.47. The first-order chi connectivity index (χ1) is 12.1. The van der Waals surface area contributed by atoms with E-state index < -0.39 is 0 Å². The van der Waals surface area contributed by atoms with E-state index in [1.54, 1.807) is 12.4 Å². The van der Waals surface area contributed by atoms with Gasteiger partial charge >= 0.3 is 6.03 Å². The third-order valence-corrected chi connectivity index (χ3v) is 5.04. The van der Waals surface area contributed by atoms with Crippen molar-refractivity contribution in [2.24, 2.45) is 5.92 Å². The first-order valence-corrected chi connectivity index (χ1v) is 9.41. The molecular formula is C18H30N6O. The van der Waals surface area contributed by atoms with Gasteiger partial charge < -0.3 is 20.0 Å². The molecule has 7 nitrogen and oxygen atoms in total. The Morgan fingerprint density at radius 1 is 1.24 bits per heavy atom. The van der Waals surface area contributed by atoms with Gasteiger partial charge in [-0.3, -0.25) is 0 Å². The van der Waals surface area contributed by atoms with Crippen LogP contribution in [0, 0.1) is 5.92 Å². The Morgan fingerprint density at radius 2 is 1.96 bits per heavy atom. The van der Waals surface area contributed by atoms with Gasteiger partial charge in [-0.25, -0.2) is 14.8 Å². The molecule has 1 aromatic rings. The summed E-state index contributed by atoms with van der Waals surface area (Å²) >= 11 is 0. The molecule has 1 N–H and O–H groups in total. The summed E-state index contributed by atoms with van der Waals surface area (Å²) in [5.41, 5.74) is 0. The lowest BCUT2D eigenvalue weighted by Crippen LogP contribution is -2.55. The zero-order valence-electron chi connectivity index (χ0n) is 15.4. The minimum Gasteiger partial charge on any atom is -0.337 e. The maximum Gasteiger partial charge on any atom is 0.317 e. The van der Waals surface area contributed by atoms with E-state index in [1.165, 1.54) is 12.8 Å². The summed E-state index contributed by atoms with van der Waals surface area (Å²) in [6.07, 6.45) is 6.10. The van der Waals surface area contributed by atoms with E-state index in [4.69, 9.17) is 0 Å². The maximum atomic E-state index is 12.5. The van der Waals surface area contributed by atoms with Crippen LogP contribution in [0.25, 0.3) is 0 Å². The van der Waals surface area contributed by atoms with Crippen LogP contribution in [0.15, 0.2) is 18.5 Å². The quantitative estimate of drug-likeness (QED) is 0.893. The van der Waals surface area contributed by atoms with Crippen LogP contribution in [0.4, 0.5) is 10.7 Å². The van der Waals surface area contributed by atoms with Gasteiger partial charge in [0.1, 0.15) is 0 Å². The maximum absolute atomic E-state index is 12.5. The molecule has 138 valence electrons. The lowest BCUT2D eigenvalue weighted by molar-refractivity contribution is 0.160. The molecule has 3 heterocycles. The van der Waals surface area contributed by atoms with Gasteiger partial charge in [0.2, 0.25) is 5.95 Å². The topological polar surface area (TPSA) is 64.6 Å². The Kier molecular flexibility index (Phi) is 6.07. The molecular weight excluding hydrogens is 316 g/mol. The molecule has 0 aromatic carbocycles. The van der Waals surface area contributed by atoms with Crippen molar-refractivity contribution in [3.8, 4) is 0 Å². The number of aromatic nitrogens is 2. The van der Waals surface area contributed by atoms with Crippen LogP contribution < -0.4 is 10.2 Å². The summed E-state index contributed by atoms with van der Waals surface area (Å²) in [7, 11) is 0. The van der Waals surface area contributed by atoms with Crippen LogP contribution >= 0.6 is 0 Å². The van der Waals surface area contributed by atoms with Gasteiger partial charge in [0.05, 0.1) is 0 Å². The normalized spacial score (nSPS) is 23.4. The van der Waals surface area contributed by atoms with Crippen molar-refractivity contribution in [2.45, 2.75) is 32.7 Å². The van der Waals surface area contributed by atoms with Crippen molar-refractivity contribution < 1.29 is 4.79 Å². The van der Waals surface area contributed by atoms with Crippen LogP contribution in [0.5, 0.6) is 0 Å². The Morgan fingerprint density at radius 3 is 2.64 bits per heavy atom. The molecule has 2 saturated heterocycles. The van der Waals surface area contributed by atoms with E-state index >= 15 is 0 Å². The number of anilines is 1. The first-order valence-electron chi connectivity index (χ1n) is 9.41. The number of hydrogen-bond donors (Lipinski definition) is 1. The molecule has 3 rings (SSSR count). The molecule has 7 heteroatoms. The van der Waals surface area contributed by atoms with Gasteiger partial charge in [0.15, 0.2) is 0 Å². The standard InChI is InChI=1S/C18H30N6O/c1-15-5-3-8-22(13-15)14-16(2)21-18(25)24-11-9-23(10-12-24)17-19-6-4-7-20-17/h4,6-7,15-16H,3,5,8-14H2,1-2H3,(H,21,25)/t15-,16-/m1/s1. The number of nitrogens with one attached hydrogen (secondary N) is 1. The zero-order chi connectivity index (χ0) is 17.6. The van der Waals surface area contributed by atoms with E-state index in [0.717, 1.165) is 44.6 Å². The van der Waals surface area contributed by atoms with E-state index in [9.17, 15) is 4.79 Å². The molecule has 2 amide bonds. The highest BCUT2D eigenvalue weighted by Crippen LogP contribution is 2.15. The highest BCUT2D eigenvalue weighted by molar-refractivity contribution is 5.74. The van der Waals surface area contributed by atoms with Crippen LogP contribution in [0.3, 0.4) is 0 Å². The number of piperidine rings is 1. The molecule has 25 heavy (non-hydrogen) atoms. The number of rotatable bonds is 4. The summed E-state index contributed by atoms with van der Waals surface area (Å²) in [4.78, 5) is 27.6. The van der Waals surface area contributed by atoms with E-state index in [1.807, 2.05) is 11.0 Å². The number of piperazine rings is 1. The summed E-state index contributed by atoms with van der Waals surface area (Å²) < 4.78 is 0. The number of urea groups is 1. The molecule has 2 fully saturated rings. The summed E-state index contributed by atoms with van der Waals surface area (Å²) in [6, 6.07) is 2.04. The number of carbonyl (C=O) groups is 1. The fourth-order valence-electron chi connectivity index (χ4n) is 3.75. The highest BCUT2D eigenvalue weighted by Gasteiger charge is 2.24. The van der Waals surface area contributed by atoms with Crippen molar-refractivity contribution in [1.82, 2.24) is 25.1 Å². The lowest BCUT2D eigenvalue weighted by atomic mass is 10.00. The Bertz CT molecular complexity index is 546. The van der Waals surface area contributed by atoms with Crippen molar-refractivity contribution >= 4 is 12.0 Å².